The van der Waals surface area contributed by atoms with Crippen LogP contribution >= 0.6 is 0 Å². The van der Waals surface area contributed by atoms with Gasteiger partial charge in [-0.1, -0.05) is 30.3 Å². The highest BCUT2D eigenvalue weighted by atomic mass is 32.2. The molecule has 0 spiro atoms. The molecule has 23 heteroatoms. The van der Waals surface area contributed by atoms with E-state index in [0.29, 0.717) is 69.4 Å². The van der Waals surface area contributed by atoms with Crippen LogP contribution < -0.4 is 4.90 Å². The Hall–Kier alpha value is -5.40. The molecule has 0 aliphatic carbocycles. The first kappa shape index (κ1) is 53.0. The Morgan fingerprint density at radius 1 is 0.783 bits per heavy atom. The second-order valence-electron chi connectivity index (χ2n) is 17.7. The van der Waals surface area contributed by atoms with E-state index in [0.717, 1.165) is 5.56 Å². The molecule has 0 saturated carbocycles. The van der Waals surface area contributed by atoms with Crippen molar-refractivity contribution in [1.82, 2.24) is 5.06 Å². The minimum atomic E-state index is -4.89. The second kappa shape index (κ2) is 20.1. The fourth-order valence-electron chi connectivity index (χ4n) is 9.28. The number of likely N-dealkylation sites (N-methyl/N-ethyl adjacent to an activating group) is 1. The van der Waals surface area contributed by atoms with Gasteiger partial charge in [-0.15, -0.1) is 5.06 Å². The molecule has 0 bridgehead atoms. The number of aryl methyl sites for hydroxylation is 1. The van der Waals surface area contributed by atoms with E-state index in [2.05, 4.69) is 0 Å². The molecule has 19 nitrogen and oxygen atoms in total. The van der Waals surface area contributed by atoms with Gasteiger partial charge in [0.15, 0.2) is 5.71 Å². The average molecular weight is 1030 g/mol. The van der Waals surface area contributed by atoms with E-state index in [1.165, 1.54) is 36.4 Å². The van der Waals surface area contributed by atoms with Crippen molar-refractivity contribution in [3.05, 3.63) is 113 Å². The number of amides is 2. The fourth-order valence-corrected chi connectivity index (χ4v) is 11.3. The monoisotopic (exact) mass is 1030 g/mol. The van der Waals surface area contributed by atoms with Gasteiger partial charge in [0.25, 0.3) is 42.2 Å². The summed E-state index contributed by atoms with van der Waals surface area (Å²) < 4.78 is 139. The van der Waals surface area contributed by atoms with Crippen molar-refractivity contribution in [2.45, 2.75) is 98.7 Å². The van der Waals surface area contributed by atoms with Crippen molar-refractivity contribution >= 4 is 80.9 Å². The van der Waals surface area contributed by atoms with Gasteiger partial charge in [-0.3, -0.25) is 23.2 Å². The van der Waals surface area contributed by atoms with Crippen molar-refractivity contribution < 1.29 is 75.7 Å². The maximum Gasteiger partial charge on any atom is 0.333 e. The fraction of sp³-hybridized carbons (Fsp3) is 0.391. The van der Waals surface area contributed by atoms with Gasteiger partial charge in [-0.2, -0.15) is 29.8 Å². The molecule has 3 aromatic rings. The van der Waals surface area contributed by atoms with Crippen LogP contribution in [0.3, 0.4) is 0 Å². The van der Waals surface area contributed by atoms with E-state index in [9.17, 15) is 66.3 Å². The summed E-state index contributed by atoms with van der Waals surface area (Å²) in [7, 11) is -14.8. The van der Waals surface area contributed by atoms with Crippen LogP contribution in [0, 0.1) is 0 Å². The first-order valence-corrected chi connectivity index (χ1v) is 27.8. The molecule has 3 aliphatic heterocycles. The number of hydroxylamine groups is 2. The van der Waals surface area contributed by atoms with Gasteiger partial charge in [0, 0.05) is 60.8 Å². The highest BCUT2D eigenvalue weighted by molar-refractivity contribution is 7.86. The molecule has 3 N–H and O–H groups in total. The summed E-state index contributed by atoms with van der Waals surface area (Å²) in [4.78, 5) is 41.9. The summed E-state index contributed by atoms with van der Waals surface area (Å²) in [6, 6.07) is 15.5. The highest BCUT2D eigenvalue weighted by Crippen LogP contribution is 2.51. The number of hydrogen-bond acceptors (Lipinski definition) is 14. The summed E-state index contributed by atoms with van der Waals surface area (Å²) in [6.45, 7) is 3.56. The minimum Gasteiger partial charge on any atom is -0.744 e. The number of hydrogen-bond donors (Lipinski definition) is 3. The molecule has 0 aromatic heterocycles. The number of nitrogens with zero attached hydrogens (tertiary/aromatic N) is 3. The Labute approximate surface area is 401 Å². The Balaban J connectivity index is 1.40. The number of anilines is 1. The van der Waals surface area contributed by atoms with E-state index in [1.807, 2.05) is 24.3 Å². The number of imide groups is 1. The Bertz CT molecular complexity index is 3150. The highest BCUT2D eigenvalue weighted by Gasteiger charge is 2.47. The zero-order valence-corrected chi connectivity index (χ0v) is 41.5. The van der Waals surface area contributed by atoms with E-state index in [-0.39, 0.29) is 49.8 Å². The van der Waals surface area contributed by atoms with E-state index < -0.39 is 85.5 Å². The topological polar surface area (TPSA) is 290 Å². The van der Waals surface area contributed by atoms with Crippen LogP contribution in [0.25, 0.3) is 5.57 Å². The molecule has 69 heavy (non-hydrogen) atoms. The second-order valence-corrected chi connectivity index (χ2v) is 23.6. The van der Waals surface area contributed by atoms with Gasteiger partial charge in [0.2, 0.25) is 5.69 Å². The van der Waals surface area contributed by atoms with Crippen molar-refractivity contribution in [3.63, 3.8) is 0 Å². The van der Waals surface area contributed by atoms with Gasteiger partial charge < -0.3 is 14.3 Å². The third-order valence-electron chi connectivity index (χ3n) is 12.9. The molecule has 3 aliphatic rings. The number of benzene rings is 3. The van der Waals surface area contributed by atoms with E-state index in [4.69, 9.17) is 4.84 Å². The van der Waals surface area contributed by atoms with Crippen molar-refractivity contribution in [2.24, 2.45) is 0 Å². The lowest BCUT2D eigenvalue weighted by Crippen LogP contribution is -2.31. The third kappa shape index (κ3) is 12.3. The molecule has 0 radical (unpaired) electrons. The number of rotatable bonds is 20. The zero-order valence-electron chi connectivity index (χ0n) is 38.2. The molecule has 372 valence electrons. The summed E-state index contributed by atoms with van der Waals surface area (Å²) in [5, 5.41) is 0.508. The maximum absolute atomic E-state index is 12.3. The predicted molar refractivity (Wildman–Crippen MR) is 252 cm³/mol. The van der Waals surface area contributed by atoms with Crippen molar-refractivity contribution in [2.75, 3.05) is 30.5 Å². The molecule has 2 unspecified atom stereocenters. The maximum atomic E-state index is 12.3. The molecule has 2 amide bonds. The van der Waals surface area contributed by atoms with Crippen LogP contribution in [0.1, 0.15) is 93.9 Å². The lowest BCUT2D eigenvalue weighted by Gasteiger charge is -2.29. The van der Waals surface area contributed by atoms with Crippen LogP contribution in [0.5, 0.6) is 0 Å². The Kier molecular flexibility index (Phi) is 15.5. The molecule has 6 rings (SSSR count). The van der Waals surface area contributed by atoms with E-state index >= 15 is 0 Å². The van der Waals surface area contributed by atoms with Gasteiger partial charge in [0.1, 0.15) is 17.2 Å². The van der Waals surface area contributed by atoms with Gasteiger partial charge >= 0.3 is 5.97 Å². The quantitative estimate of drug-likeness (QED) is 0.0419. The SMILES string of the molecule is CN1/C(=C/C=C(/C=C/C2=[N+](C)c3ccc(S(=O)(=O)[O-])cc3C2(C)CCCS(=O)(=O)O)c2ccc(CCCCC(=O)ON3C(=O)CCC3=O)cc2)C(C)(CCCS(=O)(=O)O)c2cc(S(=O)(=O)O)ccc21. The number of carbonyl (C=O) groups excluding carboxylic acids is 3. The molecular formula is C46H53N3O16S4. The van der Waals surface area contributed by atoms with Gasteiger partial charge in [-0.05, 0) is 124 Å². The zero-order chi connectivity index (χ0) is 50.9. The third-order valence-corrected chi connectivity index (χ3v) is 16.2. The lowest BCUT2D eigenvalue weighted by atomic mass is 9.75. The van der Waals surface area contributed by atoms with Crippen LogP contribution in [-0.4, -0.2) is 111 Å². The van der Waals surface area contributed by atoms with Crippen LogP contribution in [0.4, 0.5) is 11.4 Å². The first-order chi connectivity index (χ1) is 32.0. The van der Waals surface area contributed by atoms with Crippen LogP contribution in [0.2, 0.25) is 0 Å². The average Bonchev–Trinajstić information content (AvgIpc) is 3.76. The smallest absolute Gasteiger partial charge is 0.333 e. The lowest BCUT2D eigenvalue weighted by molar-refractivity contribution is -0.401. The van der Waals surface area contributed by atoms with Crippen molar-refractivity contribution in [3.8, 4) is 0 Å². The summed E-state index contributed by atoms with van der Waals surface area (Å²) >= 11 is 0. The number of allylic oxidation sites excluding steroid dienone is 6. The molecule has 1 saturated heterocycles. The van der Waals surface area contributed by atoms with Gasteiger partial charge in [-0.25, -0.2) is 13.2 Å². The van der Waals surface area contributed by atoms with Crippen LogP contribution in [0.15, 0.2) is 100 Å². The number of unbranched alkanes of at least 4 members (excludes halogenated alkanes) is 1. The minimum absolute atomic E-state index is 0.0145. The summed E-state index contributed by atoms with van der Waals surface area (Å²) in [5.74, 6) is -2.99. The van der Waals surface area contributed by atoms with E-state index in [1.54, 1.807) is 61.7 Å². The largest absolute Gasteiger partial charge is 0.744 e. The summed E-state index contributed by atoms with van der Waals surface area (Å²) in [5.41, 5.74) is 3.24. The van der Waals surface area contributed by atoms with Crippen LogP contribution in [-0.2, 0) is 76.9 Å². The van der Waals surface area contributed by atoms with Gasteiger partial charge in [0.05, 0.1) is 26.7 Å². The Morgan fingerprint density at radius 3 is 1.94 bits per heavy atom. The summed E-state index contributed by atoms with van der Waals surface area (Å²) in [6.07, 6.45) is 8.76. The molecule has 3 heterocycles. The normalized spacial score (nSPS) is 20.7. The molecule has 1 fully saturated rings. The predicted octanol–water partition coefficient (Wildman–Crippen LogP) is 5.41. The number of fused-ring (bicyclic) bond motifs is 2. The Morgan fingerprint density at radius 2 is 1.36 bits per heavy atom. The molecular weight excluding hydrogens is 979 g/mol. The number of carbonyl (C=O) groups is 3. The standard InChI is InChI=1S/C46H53N3O16S4/c1-45(25-7-27-66(53,54)55)36-29-34(68(59,60)61)17-19-38(36)47(3)40(45)21-15-33(32-13-11-31(12-14-32)9-5-6-10-44(52)65-49-42(50)23-24-43(49)51)16-22-41-46(2,26-8-28-67(56,57)58)37-30-35(69(62,63)64)18-20-39(37)48(41)4/h11-22,29-30H,5-10,23-28H2,1-4H3,(H3-,53,54,55,56,57,58,59,60,61,62,63,64). The van der Waals surface area contributed by atoms with Crippen molar-refractivity contribution in [1.29, 1.82) is 0 Å². The molecule has 3 aromatic carbocycles. The molecule has 2 atom stereocenters. The first-order valence-electron chi connectivity index (χ1n) is 21.8.